The van der Waals surface area contributed by atoms with Crippen molar-refractivity contribution in [2.45, 2.75) is 51.7 Å². The molecule has 0 radical (unpaired) electrons. The average Bonchev–Trinajstić information content (AvgIpc) is 1.99. The molecule has 0 amide bonds. The molecule has 0 aromatic rings. The van der Waals surface area contributed by atoms with E-state index in [2.05, 4.69) is 51.1 Å². The van der Waals surface area contributed by atoms with E-state index in [1.54, 1.807) is 0 Å². The van der Waals surface area contributed by atoms with Gasteiger partial charge in [-0.25, -0.2) is 0 Å². The van der Waals surface area contributed by atoms with Crippen molar-refractivity contribution in [3.05, 3.63) is 11.8 Å². The largest absolute Gasteiger partial charge is 0.466 e. The van der Waals surface area contributed by atoms with Crippen molar-refractivity contribution in [2.75, 3.05) is 6.61 Å². The standard InChI is InChI=1S/C12H26O2Si2/c1-8-14-12(13)11(16(5,6)7)9-10-15(2,3)4/h9-11H,8H2,1-7H3/b10-9+. The van der Waals surface area contributed by atoms with Crippen LogP contribution in [0.2, 0.25) is 44.8 Å². The summed E-state index contributed by atoms with van der Waals surface area (Å²) in [6.07, 6.45) is 2.11. The Morgan fingerprint density at radius 2 is 1.69 bits per heavy atom. The first kappa shape index (κ1) is 15.6. The monoisotopic (exact) mass is 258 g/mol. The number of carbonyl (C=O) groups is 1. The van der Waals surface area contributed by atoms with Gasteiger partial charge in [0.1, 0.15) is 0 Å². The van der Waals surface area contributed by atoms with Gasteiger partial charge in [0, 0.05) is 0 Å². The fraction of sp³-hybridized carbons (Fsp3) is 0.750. The summed E-state index contributed by atoms with van der Waals surface area (Å²) in [4.78, 5) is 11.9. The van der Waals surface area contributed by atoms with E-state index in [1.165, 1.54) is 0 Å². The number of esters is 1. The van der Waals surface area contributed by atoms with Gasteiger partial charge in [0.2, 0.25) is 0 Å². The van der Waals surface area contributed by atoms with Crippen molar-refractivity contribution in [1.29, 1.82) is 0 Å². The fourth-order valence-corrected chi connectivity index (χ4v) is 3.76. The number of rotatable bonds is 5. The van der Waals surface area contributed by atoms with Gasteiger partial charge in [-0.1, -0.05) is 51.1 Å². The zero-order valence-corrected chi connectivity index (χ0v) is 13.8. The minimum atomic E-state index is -1.53. The highest BCUT2D eigenvalue weighted by molar-refractivity contribution is 6.82. The normalized spacial score (nSPS) is 15.2. The van der Waals surface area contributed by atoms with Crippen LogP contribution < -0.4 is 0 Å². The highest BCUT2D eigenvalue weighted by Gasteiger charge is 2.32. The maximum Gasteiger partial charge on any atom is 0.309 e. The molecule has 0 aliphatic carbocycles. The molecule has 0 aliphatic rings. The molecule has 0 saturated heterocycles. The van der Waals surface area contributed by atoms with Crippen LogP contribution in [0, 0.1) is 0 Å². The highest BCUT2D eigenvalue weighted by Crippen LogP contribution is 2.25. The van der Waals surface area contributed by atoms with Crippen LogP contribution in [0.3, 0.4) is 0 Å². The van der Waals surface area contributed by atoms with Gasteiger partial charge in [0.15, 0.2) is 0 Å². The Hall–Kier alpha value is -0.356. The Morgan fingerprint density at radius 3 is 2.00 bits per heavy atom. The van der Waals surface area contributed by atoms with Crippen LogP contribution in [0.4, 0.5) is 0 Å². The third kappa shape index (κ3) is 6.28. The van der Waals surface area contributed by atoms with Gasteiger partial charge in [-0.05, 0) is 6.92 Å². The summed E-state index contributed by atoms with van der Waals surface area (Å²) in [5.41, 5.74) is 2.26. The predicted octanol–water partition coefficient (Wildman–Crippen LogP) is 3.69. The lowest BCUT2D eigenvalue weighted by molar-refractivity contribution is -0.142. The third-order valence-electron chi connectivity index (χ3n) is 2.26. The van der Waals surface area contributed by atoms with Crippen molar-refractivity contribution in [1.82, 2.24) is 0 Å². The van der Waals surface area contributed by atoms with E-state index in [0.717, 1.165) is 0 Å². The minimum absolute atomic E-state index is 0.000764. The van der Waals surface area contributed by atoms with Crippen LogP contribution in [0.1, 0.15) is 6.92 Å². The van der Waals surface area contributed by atoms with Crippen LogP contribution in [0.5, 0.6) is 0 Å². The Bertz CT molecular complexity index is 259. The maximum absolute atomic E-state index is 11.9. The van der Waals surface area contributed by atoms with Crippen LogP contribution >= 0.6 is 0 Å². The van der Waals surface area contributed by atoms with Crippen LogP contribution in [-0.4, -0.2) is 28.7 Å². The lowest BCUT2D eigenvalue weighted by atomic mass is 10.4. The second-order valence-corrected chi connectivity index (χ2v) is 16.7. The Kier molecular flexibility index (Phi) is 5.69. The first-order valence-corrected chi connectivity index (χ1v) is 13.1. The van der Waals surface area contributed by atoms with Gasteiger partial charge in [0.05, 0.1) is 28.3 Å². The molecule has 0 saturated carbocycles. The minimum Gasteiger partial charge on any atom is -0.466 e. The zero-order valence-electron chi connectivity index (χ0n) is 11.8. The Labute approximate surface area is 102 Å². The van der Waals surface area contributed by atoms with Gasteiger partial charge in [-0.3, -0.25) is 4.79 Å². The number of ether oxygens (including phenoxy) is 1. The molecule has 16 heavy (non-hydrogen) atoms. The van der Waals surface area contributed by atoms with E-state index >= 15 is 0 Å². The molecule has 0 fully saturated rings. The molecule has 0 aromatic heterocycles. The van der Waals surface area contributed by atoms with Crippen LogP contribution in [0.15, 0.2) is 11.8 Å². The van der Waals surface area contributed by atoms with Gasteiger partial charge < -0.3 is 4.74 Å². The highest BCUT2D eigenvalue weighted by atomic mass is 28.3. The second kappa shape index (κ2) is 5.82. The molecule has 0 heterocycles. The number of hydrogen-bond acceptors (Lipinski definition) is 2. The van der Waals surface area contributed by atoms with E-state index in [9.17, 15) is 4.79 Å². The summed E-state index contributed by atoms with van der Waals surface area (Å²) in [7, 11) is -2.76. The van der Waals surface area contributed by atoms with Crippen molar-refractivity contribution in [2.24, 2.45) is 0 Å². The van der Waals surface area contributed by atoms with E-state index in [0.29, 0.717) is 6.61 Å². The molecule has 1 atom stereocenters. The lowest BCUT2D eigenvalue weighted by Crippen LogP contribution is -2.34. The van der Waals surface area contributed by atoms with Gasteiger partial charge in [-0.2, -0.15) is 0 Å². The molecule has 1 unspecified atom stereocenters. The topological polar surface area (TPSA) is 26.3 Å². The summed E-state index contributed by atoms with van der Waals surface area (Å²) in [6.45, 7) is 15.8. The molecule has 94 valence electrons. The molecule has 0 bridgehead atoms. The van der Waals surface area contributed by atoms with Crippen molar-refractivity contribution >= 4 is 22.1 Å². The molecule has 0 aromatic carbocycles. The first-order valence-electron chi connectivity index (χ1n) is 5.94. The third-order valence-corrected chi connectivity index (χ3v) is 5.75. The van der Waals surface area contributed by atoms with E-state index in [4.69, 9.17) is 4.74 Å². The van der Waals surface area contributed by atoms with Gasteiger partial charge in [0.25, 0.3) is 0 Å². The summed E-state index contributed by atoms with van der Waals surface area (Å²) in [6, 6.07) is 0. The summed E-state index contributed by atoms with van der Waals surface area (Å²) in [5, 5.41) is 0. The quantitative estimate of drug-likeness (QED) is 0.555. The van der Waals surface area contributed by atoms with Gasteiger partial charge >= 0.3 is 5.97 Å². The van der Waals surface area contributed by atoms with E-state index in [-0.39, 0.29) is 11.5 Å². The van der Waals surface area contributed by atoms with Crippen LogP contribution in [-0.2, 0) is 9.53 Å². The van der Waals surface area contributed by atoms with Gasteiger partial charge in [-0.15, -0.1) is 0 Å². The smallest absolute Gasteiger partial charge is 0.309 e. The molecular formula is C12H26O2Si2. The molecule has 0 rings (SSSR count). The molecule has 0 aliphatic heterocycles. The Balaban J connectivity index is 4.84. The maximum atomic E-state index is 11.9. The lowest BCUT2D eigenvalue weighted by Gasteiger charge is -2.25. The molecule has 2 nitrogen and oxygen atoms in total. The van der Waals surface area contributed by atoms with Crippen LogP contribution in [0.25, 0.3) is 0 Å². The summed E-state index contributed by atoms with van der Waals surface area (Å²) in [5.74, 6) is -0.0452. The van der Waals surface area contributed by atoms with E-state index in [1.807, 2.05) is 6.92 Å². The molecule has 4 heteroatoms. The van der Waals surface area contributed by atoms with Crippen molar-refractivity contribution in [3.8, 4) is 0 Å². The zero-order chi connectivity index (χ0) is 13.0. The Morgan fingerprint density at radius 1 is 1.19 bits per heavy atom. The number of hydrogen-bond donors (Lipinski definition) is 0. The van der Waals surface area contributed by atoms with E-state index < -0.39 is 16.1 Å². The summed E-state index contributed by atoms with van der Waals surface area (Å²) >= 11 is 0. The summed E-state index contributed by atoms with van der Waals surface area (Å²) < 4.78 is 5.16. The predicted molar refractivity (Wildman–Crippen MR) is 76.2 cm³/mol. The van der Waals surface area contributed by atoms with Crippen molar-refractivity contribution in [3.63, 3.8) is 0 Å². The van der Waals surface area contributed by atoms with Crippen molar-refractivity contribution < 1.29 is 9.53 Å². The SMILES string of the molecule is CCOC(=O)C(/C=C/[Si](C)(C)C)[Si](C)(C)C. The first-order chi connectivity index (χ1) is 7.08. The second-order valence-electron chi connectivity index (χ2n) is 6.32. The molecule has 0 N–H and O–H groups in total. The number of carbonyl (C=O) groups excluding carboxylic acids is 1. The fourth-order valence-electron chi connectivity index (χ4n) is 1.34. The molecular weight excluding hydrogens is 232 g/mol. The average molecular weight is 259 g/mol. The molecule has 0 spiro atoms.